The van der Waals surface area contributed by atoms with Crippen LogP contribution in [0.25, 0.3) is 22.7 Å². The Morgan fingerprint density at radius 2 is 1.83 bits per heavy atom. The van der Waals surface area contributed by atoms with Crippen LogP contribution >= 0.6 is 0 Å². The molecule has 1 aliphatic heterocycles. The summed E-state index contributed by atoms with van der Waals surface area (Å²) in [6.45, 7) is 0.597. The molecule has 24 heavy (non-hydrogen) atoms. The Balaban J connectivity index is 1.81. The third-order valence-electron chi connectivity index (χ3n) is 4.09. The van der Waals surface area contributed by atoms with Crippen LogP contribution in [0.4, 0.5) is 13.2 Å². The Bertz CT molecular complexity index is 971. The molecule has 0 radical (unpaired) electrons. The van der Waals surface area contributed by atoms with Gasteiger partial charge in [-0.2, -0.15) is 18.2 Å². The van der Waals surface area contributed by atoms with Crippen molar-refractivity contribution in [1.29, 1.82) is 0 Å². The number of rotatable bonds is 1. The van der Waals surface area contributed by atoms with E-state index in [1.165, 1.54) is 12.1 Å². The van der Waals surface area contributed by atoms with Crippen LogP contribution in [-0.4, -0.2) is 14.5 Å². The number of nitrogens with zero attached hydrogens (tertiary/aromatic N) is 3. The van der Waals surface area contributed by atoms with Gasteiger partial charge in [0, 0.05) is 18.5 Å². The fourth-order valence-corrected chi connectivity index (χ4v) is 2.85. The smallest absolute Gasteiger partial charge is 0.416 e. The molecule has 0 N–H and O–H groups in total. The van der Waals surface area contributed by atoms with Crippen molar-refractivity contribution < 1.29 is 17.6 Å². The Hall–Kier alpha value is -2.64. The molecule has 0 unspecified atom stereocenters. The number of oxazole rings is 1. The minimum absolute atomic E-state index is 0.0891. The fourth-order valence-electron chi connectivity index (χ4n) is 2.85. The van der Waals surface area contributed by atoms with Gasteiger partial charge >= 0.3 is 6.18 Å². The van der Waals surface area contributed by atoms with Gasteiger partial charge in [-0.3, -0.25) is 9.36 Å². The first kappa shape index (κ1) is 14.9. The lowest BCUT2D eigenvalue weighted by Crippen LogP contribution is -2.28. The highest BCUT2D eigenvalue weighted by atomic mass is 19.4. The van der Waals surface area contributed by atoms with E-state index in [2.05, 4.69) is 9.97 Å². The van der Waals surface area contributed by atoms with Crippen molar-refractivity contribution in [3.63, 3.8) is 0 Å². The average Bonchev–Trinajstić information content (AvgIpc) is 2.99. The first-order chi connectivity index (χ1) is 11.4. The van der Waals surface area contributed by atoms with E-state index in [1.54, 1.807) is 4.57 Å². The van der Waals surface area contributed by atoms with Gasteiger partial charge in [0.05, 0.1) is 5.56 Å². The number of aryl methyl sites for hydroxylation is 1. The van der Waals surface area contributed by atoms with E-state index in [-0.39, 0.29) is 22.7 Å². The summed E-state index contributed by atoms with van der Waals surface area (Å²) in [5.41, 5.74) is -0.422. The molecule has 0 aliphatic carbocycles. The van der Waals surface area contributed by atoms with Gasteiger partial charge in [0.15, 0.2) is 5.52 Å². The minimum Gasteiger partial charge on any atom is -0.417 e. The van der Waals surface area contributed by atoms with Gasteiger partial charge in [-0.25, -0.2) is 4.98 Å². The second kappa shape index (κ2) is 5.19. The van der Waals surface area contributed by atoms with Crippen molar-refractivity contribution in [2.24, 2.45) is 0 Å². The van der Waals surface area contributed by atoms with Crippen LogP contribution in [0.1, 0.15) is 24.2 Å². The topological polar surface area (TPSA) is 60.9 Å². The van der Waals surface area contributed by atoms with Gasteiger partial charge in [-0.15, -0.1) is 0 Å². The standard InChI is InChI=1S/C16H12F3N3O2/c17-16(18,19)10-6-4-9(5-7-10)13-21-12-14(24-13)20-11-3-1-2-8-22(11)15(12)23/h4-7H,1-3,8H2. The summed E-state index contributed by atoms with van der Waals surface area (Å²) in [6, 6.07) is 4.45. The summed E-state index contributed by atoms with van der Waals surface area (Å²) in [4.78, 5) is 20.9. The molecule has 0 atom stereocenters. The molecule has 1 aliphatic rings. The molecule has 2 aromatic heterocycles. The Labute approximate surface area is 133 Å². The maximum Gasteiger partial charge on any atom is 0.416 e. The van der Waals surface area contributed by atoms with Gasteiger partial charge in [-0.1, -0.05) is 0 Å². The normalized spacial score (nSPS) is 14.8. The highest BCUT2D eigenvalue weighted by Gasteiger charge is 2.30. The third kappa shape index (κ3) is 2.38. The molecule has 5 nitrogen and oxygen atoms in total. The zero-order valence-electron chi connectivity index (χ0n) is 12.4. The van der Waals surface area contributed by atoms with Crippen LogP contribution in [-0.2, 0) is 19.1 Å². The lowest BCUT2D eigenvalue weighted by Gasteiger charge is -2.15. The maximum atomic E-state index is 12.6. The van der Waals surface area contributed by atoms with E-state index >= 15 is 0 Å². The molecule has 3 aromatic rings. The van der Waals surface area contributed by atoms with Gasteiger partial charge in [0.2, 0.25) is 5.89 Å². The lowest BCUT2D eigenvalue weighted by atomic mass is 10.1. The lowest BCUT2D eigenvalue weighted by molar-refractivity contribution is -0.137. The molecule has 0 amide bonds. The number of aromatic nitrogens is 3. The predicted octanol–water partition coefficient (Wildman–Crippen LogP) is 3.41. The Kier molecular flexibility index (Phi) is 3.22. The summed E-state index contributed by atoms with van der Waals surface area (Å²) in [5.74, 6) is 0.750. The van der Waals surface area contributed by atoms with Crippen LogP contribution in [0, 0.1) is 0 Å². The first-order valence-corrected chi connectivity index (χ1v) is 7.51. The Morgan fingerprint density at radius 3 is 2.54 bits per heavy atom. The fraction of sp³-hybridized carbons (Fsp3) is 0.312. The van der Waals surface area contributed by atoms with E-state index in [4.69, 9.17) is 4.42 Å². The predicted molar refractivity (Wildman–Crippen MR) is 79.4 cm³/mol. The SMILES string of the molecule is O=c1c2nc(-c3ccc(C(F)(F)F)cc3)oc2nc2n1CCCC2. The number of fused-ring (bicyclic) bond motifs is 2. The summed E-state index contributed by atoms with van der Waals surface area (Å²) in [6.07, 6.45) is -1.84. The highest BCUT2D eigenvalue weighted by molar-refractivity contribution is 5.71. The number of benzene rings is 1. The van der Waals surface area contributed by atoms with Crippen molar-refractivity contribution in [3.8, 4) is 11.5 Å². The van der Waals surface area contributed by atoms with Crippen LogP contribution in [0.15, 0.2) is 33.5 Å². The van der Waals surface area contributed by atoms with E-state index in [9.17, 15) is 18.0 Å². The second-order valence-corrected chi connectivity index (χ2v) is 5.69. The van der Waals surface area contributed by atoms with Gasteiger partial charge in [0.25, 0.3) is 11.3 Å². The van der Waals surface area contributed by atoms with E-state index in [1.807, 2.05) is 0 Å². The molecular formula is C16H12F3N3O2. The monoisotopic (exact) mass is 335 g/mol. The molecule has 3 heterocycles. The largest absolute Gasteiger partial charge is 0.417 e. The average molecular weight is 335 g/mol. The second-order valence-electron chi connectivity index (χ2n) is 5.69. The molecule has 0 bridgehead atoms. The van der Waals surface area contributed by atoms with Gasteiger partial charge < -0.3 is 4.42 Å². The number of alkyl halides is 3. The quantitative estimate of drug-likeness (QED) is 0.684. The maximum absolute atomic E-state index is 12.6. The summed E-state index contributed by atoms with van der Waals surface area (Å²) in [5, 5.41) is 0. The molecule has 0 saturated carbocycles. The van der Waals surface area contributed by atoms with Crippen LogP contribution in [0.5, 0.6) is 0 Å². The Morgan fingerprint density at radius 1 is 1.08 bits per heavy atom. The van der Waals surface area contributed by atoms with E-state index < -0.39 is 11.7 Å². The molecule has 0 spiro atoms. The first-order valence-electron chi connectivity index (χ1n) is 7.51. The van der Waals surface area contributed by atoms with Crippen molar-refractivity contribution >= 4 is 11.2 Å². The van der Waals surface area contributed by atoms with Crippen LogP contribution in [0.3, 0.4) is 0 Å². The molecule has 1 aromatic carbocycles. The van der Waals surface area contributed by atoms with Crippen molar-refractivity contribution in [1.82, 2.24) is 14.5 Å². The van der Waals surface area contributed by atoms with E-state index in [0.29, 0.717) is 24.4 Å². The van der Waals surface area contributed by atoms with E-state index in [0.717, 1.165) is 25.0 Å². The zero-order chi connectivity index (χ0) is 16.9. The molecule has 4 rings (SSSR count). The number of halogens is 3. The summed E-state index contributed by atoms with van der Waals surface area (Å²) in [7, 11) is 0. The number of hydrogen-bond donors (Lipinski definition) is 0. The molecule has 8 heteroatoms. The zero-order valence-corrected chi connectivity index (χ0v) is 12.4. The molecule has 0 saturated heterocycles. The van der Waals surface area contributed by atoms with Crippen LogP contribution < -0.4 is 5.56 Å². The number of hydrogen-bond acceptors (Lipinski definition) is 4. The van der Waals surface area contributed by atoms with Crippen LogP contribution in [0.2, 0.25) is 0 Å². The van der Waals surface area contributed by atoms with Crippen molar-refractivity contribution in [3.05, 3.63) is 46.0 Å². The van der Waals surface area contributed by atoms with Gasteiger partial charge in [0.1, 0.15) is 5.82 Å². The highest BCUT2D eigenvalue weighted by Crippen LogP contribution is 2.31. The summed E-state index contributed by atoms with van der Waals surface area (Å²) >= 11 is 0. The molecule has 0 fully saturated rings. The van der Waals surface area contributed by atoms with Gasteiger partial charge in [-0.05, 0) is 37.1 Å². The van der Waals surface area contributed by atoms with Crippen molar-refractivity contribution in [2.75, 3.05) is 0 Å². The minimum atomic E-state index is -4.40. The molecular weight excluding hydrogens is 323 g/mol. The summed E-state index contributed by atoms with van der Waals surface area (Å²) < 4.78 is 45.0. The molecule has 124 valence electrons. The van der Waals surface area contributed by atoms with Crippen molar-refractivity contribution in [2.45, 2.75) is 32.0 Å². The third-order valence-corrected chi connectivity index (χ3v) is 4.09.